The number of aliphatic hydroxyl groups excluding tert-OH is 2. The van der Waals surface area contributed by atoms with E-state index in [2.05, 4.69) is 0 Å². The Morgan fingerprint density at radius 3 is 2.68 bits per heavy atom. The van der Waals surface area contributed by atoms with E-state index >= 15 is 0 Å². The van der Waals surface area contributed by atoms with Crippen molar-refractivity contribution in [1.29, 1.82) is 0 Å². The van der Waals surface area contributed by atoms with Gasteiger partial charge in [0.2, 0.25) is 6.29 Å². The fourth-order valence-corrected chi connectivity index (χ4v) is 4.03. The van der Waals surface area contributed by atoms with Crippen LogP contribution < -0.4 is 4.74 Å². The second-order valence-electron chi connectivity index (χ2n) is 4.61. The lowest BCUT2D eigenvalue weighted by molar-refractivity contribution is -0.213. The highest BCUT2D eigenvalue weighted by Gasteiger charge is 2.47. The van der Waals surface area contributed by atoms with Crippen LogP contribution in [0.5, 0.6) is 5.75 Å². The highest BCUT2D eigenvalue weighted by atomic mass is 35.5. The normalized spacial score (nSPS) is 37.2. The van der Waals surface area contributed by atoms with Crippen LogP contribution in [0.1, 0.15) is 6.92 Å². The number of aliphatic hydroxyl groups is 2. The number of hydrogen-bond acceptors (Lipinski definition) is 5. The zero-order valence-corrected chi connectivity index (χ0v) is 12.2. The van der Waals surface area contributed by atoms with Crippen LogP contribution in [-0.2, 0) is 4.74 Å². The quantitative estimate of drug-likeness (QED) is 0.767. The van der Waals surface area contributed by atoms with E-state index in [1.807, 2.05) is 0 Å². The van der Waals surface area contributed by atoms with Gasteiger partial charge in [-0.25, -0.2) is 0 Å². The first kappa shape index (κ1) is 13.8. The Hall–Kier alpha value is -0.170. The maximum Gasteiger partial charge on any atom is 0.215 e. The lowest BCUT2D eigenvalue weighted by Gasteiger charge is -2.43. The summed E-state index contributed by atoms with van der Waals surface area (Å²) >= 11 is 13.4. The molecule has 4 nitrogen and oxygen atoms in total. The lowest BCUT2D eigenvalue weighted by Crippen LogP contribution is -2.57. The average molecular weight is 323 g/mol. The molecule has 19 heavy (non-hydrogen) atoms. The van der Waals surface area contributed by atoms with Crippen molar-refractivity contribution in [2.75, 3.05) is 0 Å². The fourth-order valence-electron chi connectivity index (χ4n) is 2.22. The Labute approximate surface area is 124 Å². The third kappa shape index (κ3) is 2.33. The maximum absolute atomic E-state index is 10.1. The number of rotatable bonds is 0. The monoisotopic (exact) mass is 322 g/mol. The highest BCUT2D eigenvalue weighted by Crippen LogP contribution is 2.48. The Morgan fingerprint density at radius 2 is 1.95 bits per heavy atom. The number of benzene rings is 1. The molecule has 7 heteroatoms. The number of fused-ring (bicyclic) bond motifs is 2. The summed E-state index contributed by atoms with van der Waals surface area (Å²) in [4.78, 5) is 0.705. The van der Waals surface area contributed by atoms with Gasteiger partial charge in [-0.05, 0) is 13.0 Å². The number of thioether (sulfide) groups is 1. The Kier molecular flexibility index (Phi) is 3.62. The largest absolute Gasteiger partial charge is 0.462 e. The van der Waals surface area contributed by atoms with Crippen molar-refractivity contribution in [1.82, 2.24) is 0 Å². The van der Waals surface area contributed by atoms with E-state index in [0.29, 0.717) is 20.7 Å². The van der Waals surface area contributed by atoms with Crippen molar-refractivity contribution >= 4 is 35.0 Å². The first-order valence-electron chi connectivity index (χ1n) is 5.81. The SMILES string of the molecule is CC1OC2Oc3cc(Cl)cc(Cl)c3SC2C(O)C1O. The molecule has 104 valence electrons. The number of halogens is 2. The standard InChI is InChI=1S/C12H12Cl2O4S/c1-4-8(15)9(16)11-12(17-4)18-7-3-5(13)2-6(14)10(7)19-11/h2-4,8-9,11-12,15-16H,1H3. The van der Waals surface area contributed by atoms with Crippen LogP contribution in [0.15, 0.2) is 17.0 Å². The second kappa shape index (κ2) is 4.98. The van der Waals surface area contributed by atoms with Gasteiger partial charge in [-0.15, -0.1) is 11.8 Å². The Morgan fingerprint density at radius 1 is 1.21 bits per heavy atom. The van der Waals surface area contributed by atoms with Crippen LogP contribution in [0, 0.1) is 0 Å². The van der Waals surface area contributed by atoms with E-state index in [1.54, 1.807) is 19.1 Å². The third-order valence-corrected chi connectivity index (χ3v) is 5.31. The summed E-state index contributed by atoms with van der Waals surface area (Å²) in [7, 11) is 0. The Bertz CT molecular complexity index is 513. The summed E-state index contributed by atoms with van der Waals surface area (Å²) < 4.78 is 11.3. The van der Waals surface area contributed by atoms with Gasteiger partial charge < -0.3 is 19.7 Å². The molecular formula is C12H12Cl2O4S. The van der Waals surface area contributed by atoms with E-state index in [-0.39, 0.29) is 0 Å². The molecule has 2 aliphatic heterocycles. The van der Waals surface area contributed by atoms with E-state index in [1.165, 1.54) is 11.8 Å². The molecule has 3 rings (SSSR count). The minimum atomic E-state index is -0.940. The van der Waals surface area contributed by atoms with Crippen LogP contribution >= 0.6 is 35.0 Å². The molecule has 0 amide bonds. The number of hydrogen-bond donors (Lipinski definition) is 2. The molecule has 1 aromatic carbocycles. The van der Waals surface area contributed by atoms with Crippen molar-refractivity contribution in [3.8, 4) is 5.75 Å². The fraction of sp³-hybridized carbons (Fsp3) is 0.500. The molecule has 0 aliphatic carbocycles. The topological polar surface area (TPSA) is 58.9 Å². The molecule has 5 unspecified atom stereocenters. The molecular weight excluding hydrogens is 311 g/mol. The summed E-state index contributed by atoms with van der Waals surface area (Å²) in [6.45, 7) is 1.69. The summed E-state index contributed by atoms with van der Waals surface area (Å²) in [5.74, 6) is 0.541. The molecule has 2 N–H and O–H groups in total. The zero-order valence-electron chi connectivity index (χ0n) is 9.92. The smallest absolute Gasteiger partial charge is 0.215 e. The minimum Gasteiger partial charge on any atom is -0.462 e. The summed E-state index contributed by atoms with van der Waals surface area (Å²) in [6, 6.07) is 3.28. The minimum absolute atomic E-state index is 0.419. The molecule has 2 heterocycles. The molecule has 5 atom stereocenters. The Balaban J connectivity index is 1.97. The van der Waals surface area contributed by atoms with Gasteiger partial charge in [-0.1, -0.05) is 23.2 Å². The van der Waals surface area contributed by atoms with E-state index in [4.69, 9.17) is 32.7 Å². The third-order valence-electron chi connectivity index (χ3n) is 3.26. The summed E-state index contributed by atoms with van der Waals surface area (Å²) in [5.41, 5.74) is 0. The zero-order chi connectivity index (χ0) is 13.7. The van der Waals surface area contributed by atoms with Crippen molar-refractivity contribution in [3.05, 3.63) is 22.2 Å². The predicted molar refractivity (Wildman–Crippen MR) is 73.1 cm³/mol. The van der Waals surface area contributed by atoms with Crippen molar-refractivity contribution in [3.63, 3.8) is 0 Å². The van der Waals surface area contributed by atoms with E-state index in [9.17, 15) is 10.2 Å². The number of ether oxygens (including phenoxy) is 2. The molecule has 1 aromatic rings. The van der Waals surface area contributed by atoms with Crippen LogP contribution in [-0.4, -0.2) is 40.1 Å². The highest BCUT2D eigenvalue weighted by molar-refractivity contribution is 8.00. The van der Waals surface area contributed by atoms with Gasteiger partial charge in [0.1, 0.15) is 23.2 Å². The van der Waals surface area contributed by atoms with Crippen LogP contribution in [0.3, 0.4) is 0 Å². The van der Waals surface area contributed by atoms with Crippen molar-refractivity contribution in [2.24, 2.45) is 0 Å². The molecule has 1 fully saturated rings. The van der Waals surface area contributed by atoms with Crippen LogP contribution in [0.4, 0.5) is 0 Å². The molecule has 0 spiro atoms. The second-order valence-corrected chi connectivity index (χ2v) is 6.64. The molecule has 1 saturated heterocycles. The molecule has 0 bridgehead atoms. The van der Waals surface area contributed by atoms with Gasteiger partial charge in [0.25, 0.3) is 0 Å². The first-order chi connectivity index (χ1) is 8.97. The molecule has 0 radical (unpaired) electrons. The van der Waals surface area contributed by atoms with Crippen LogP contribution in [0.2, 0.25) is 10.0 Å². The van der Waals surface area contributed by atoms with Gasteiger partial charge in [-0.3, -0.25) is 0 Å². The van der Waals surface area contributed by atoms with Crippen molar-refractivity contribution < 1.29 is 19.7 Å². The molecule has 0 aromatic heterocycles. The van der Waals surface area contributed by atoms with Gasteiger partial charge in [0.05, 0.1) is 16.0 Å². The van der Waals surface area contributed by atoms with Gasteiger partial charge in [-0.2, -0.15) is 0 Å². The van der Waals surface area contributed by atoms with Gasteiger partial charge >= 0.3 is 0 Å². The summed E-state index contributed by atoms with van der Waals surface area (Å²) in [6.07, 6.45) is -2.99. The van der Waals surface area contributed by atoms with E-state index < -0.39 is 29.9 Å². The summed E-state index contributed by atoms with van der Waals surface area (Å²) in [5, 5.41) is 20.5. The van der Waals surface area contributed by atoms with Crippen LogP contribution in [0.25, 0.3) is 0 Å². The van der Waals surface area contributed by atoms with E-state index in [0.717, 1.165) is 0 Å². The van der Waals surface area contributed by atoms with Crippen molar-refractivity contribution in [2.45, 2.75) is 41.7 Å². The molecule has 0 saturated carbocycles. The van der Waals surface area contributed by atoms with Gasteiger partial charge in [0, 0.05) is 11.1 Å². The molecule has 2 aliphatic rings. The maximum atomic E-state index is 10.1. The van der Waals surface area contributed by atoms with Gasteiger partial charge in [0.15, 0.2) is 0 Å². The first-order valence-corrected chi connectivity index (χ1v) is 7.45. The average Bonchev–Trinajstić information content (AvgIpc) is 2.34. The predicted octanol–water partition coefficient (Wildman–Crippen LogP) is 2.31. The lowest BCUT2D eigenvalue weighted by atomic mass is 10.0.